The van der Waals surface area contributed by atoms with E-state index in [4.69, 9.17) is 4.74 Å². The highest BCUT2D eigenvalue weighted by atomic mass is 16.5. The van der Waals surface area contributed by atoms with Gasteiger partial charge in [0.05, 0.1) is 30.7 Å². The number of carbonyl (C=O) groups is 1. The normalized spacial score (nSPS) is 14.3. The maximum atomic E-state index is 13.2. The van der Waals surface area contributed by atoms with Crippen LogP contribution in [0.25, 0.3) is 17.1 Å². The van der Waals surface area contributed by atoms with Crippen molar-refractivity contribution in [3.63, 3.8) is 0 Å². The van der Waals surface area contributed by atoms with Gasteiger partial charge >= 0.3 is 0 Å². The lowest BCUT2D eigenvalue weighted by atomic mass is 9.97. The minimum Gasteiger partial charge on any atom is -0.508 e. The molecule has 3 heterocycles. The van der Waals surface area contributed by atoms with Gasteiger partial charge in [0.1, 0.15) is 17.3 Å². The van der Waals surface area contributed by atoms with Gasteiger partial charge in [-0.2, -0.15) is 0 Å². The lowest BCUT2D eigenvalue weighted by Gasteiger charge is -2.27. The van der Waals surface area contributed by atoms with Crippen molar-refractivity contribution >= 4 is 11.7 Å². The number of ether oxygens (including phenoxy) is 1. The number of morpholine rings is 1. The number of nitrogens with one attached hydrogen (secondary N) is 1. The summed E-state index contributed by atoms with van der Waals surface area (Å²) in [4.78, 5) is 19.9. The molecule has 10 heteroatoms. The Bertz CT molecular complexity index is 1220. The van der Waals surface area contributed by atoms with E-state index in [1.807, 2.05) is 46.8 Å². The third-order valence-corrected chi connectivity index (χ3v) is 5.98. The van der Waals surface area contributed by atoms with Gasteiger partial charge in [-0.15, -0.1) is 10.2 Å². The van der Waals surface area contributed by atoms with Crippen molar-refractivity contribution in [2.24, 2.45) is 5.41 Å². The summed E-state index contributed by atoms with van der Waals surface area (Å²) in [6.45, 7) is 13.2. The number of nitrogens with zero attached hydrogens (tertiary/aromatic N) is 5. The fourth-order valence-electron chi connectivity index (χ4n) is 4.00. The number of hydrogen-bond acceptors (Lipinski definition) is 8. The van der Waals surface area contributed by atoms with Crippen molar-refractivity contribution in [1.82, 2.24) is 25.1 Å². The molecule has 4 rings (SSSR count). The molecule has 1 fully saturated rings. The molecule has 0 spiro atoms. The van der Waals surface area contributed by atoms with E-state index in [0.29, 0.717) is 36.6 Å². The highest BCUT2D eigenvalue weighted by molar-refractivity contribution is 5.92. The summed E-state index contributed by atoms with van der Waals surface area (Å²) in [5.74, 6) is 0.616. The van der Waals surface area contributed by atoms with Crippen LogP contribution in [0.1, 0.15) is 56.7 Å². The Balaban J connectivity index is 1.80. The zero-order chi connectivity index (χ0) is 26.0. The average molecular weight is 495 g/mol. The van der Waals surface area contributed by atoms with E-state index in [0.717, 1.165) is 18.9 Å². The van der Waals surface area contributed by atoms with Gasteiger partial charge < -0.3 is 25.2 Å². The van der Waals surface area contributed by atoms with Gasteiger partial charge in [0.25, 0.3) is 5.91 Å². The Morgan fingerprint density at radius 2 is 1.83 bits per heavy atom. The number of phenols is 2. The fourth-order valence-corrected chi connectivity index (χ4v) is 4.00. The van der Waals surface area contributed by atoms with Crippen LogP contribution in [0.2, 0.25) is 0 Å². The third-order valence-electron chi connectivity index (χ3n) is 5.98. The van der Waals surface area contributed by atoms with Crippen molar-refractivity contribution < 1.29 is 19.7 Å². The van der Waals surface area contributed by atoms with Crippen molar-refractivity contribution in [3.05, 3.63) is 41.9 Å². The minimum atomic E-state index is -0.386. The van der Waals surface area contributed by atoms with E-state index in [1.165, 1.54) is 6.07 Å². The number of anilines is 1. The van der Waals surface area contributed by atoms with Crippen molar-refractivity contribution in [1.29, 1.82) is 0 Å². The predicted molar refractivity (Wildman–Crippen MR) is 137 cm³/mol. The zero-order valence-electron chi connectivity index (χ0n) is 21.4. The highest BCUT2D eigenvalue weighted by Crippen LogP contribution is 2.38. The molecule has 1 aromatic carbocycles. The minimum absolute atomic E-state index is 0.00279. The Morgan fingerprint density at radius 3 is 2.44 bits per heavy atom. The van der Waals surface area contributed by atoms with Crippen LogP contribution in [0.3, 0.4) is 0 Å². The van der Waals surface area contributed by atoms with Gasteiger partial charge in [0.15, 0.2) is 5.82 Å². The van der Waals surface area contributed by atoms with Gasteiger partial charge in [-0.1, -0.05) is 34.6 Å². The number of rotatable bonds is 6. The molecule has 0 bridgehead atoms. The maximum absolute atomic E-state index is 13.2. The number of carbonyl (C=O) groups excluding carboxylic acids is 1. The molecule has 10 nitrogen and oxygen atoms in total. The Kier molecular flexibility index (Phi) is 7.16. The molecule has 36 heavy (non-hydrogen) atoms. The molecule has 1 amide bonds. The standard InChI is InChI=1S/C26H34N6O4/c1-16(2)18-12-19(21(34)13-20(18)33)23-29-30-24(25(35)28-15-26(3,4)5)32(23)17-6-7-22(27-14-17)31-8-10-36-11-9-31/h6-7,12-14,16,33-34H,8-11,15H2,1-5H3,(H,28,35). The summed E-state index contributed by atoms with van der Waals surface area (Å²) in [6.07, 6.45) is 1.67. The van der Waals surface area contributed by atoms with Crippen LogP contribution in [0.4, 0.5) is 5.82 Å². The van der Waals surface area contributed by atoms with E-state index in [-0.39, 0.29) is 40.4 Å². The number of aromatic nitrogens is 4. The SMILES string of the molecule is CC(C)c1cc(-c2nnc(C(=O)NCC(C)(C)C)n2-c2ccc(N3CCOCC3)nc2)c(O)cc1O. The molecule has 192 valence electrons. The molecule has 0 aliphatic carbocycles. The Hall–Kier alpha value is -3.66. The topological polar surface area (TPSA) is 126 Å². The molecule has 0 saturated carbocycles. The molecule has 0 atom stereocenters. The first kappa shape index (κ1) is 25.4. The molecule has 3 aromatic rings. The Morgan fingerprint density at radius 1 is 1.11 bits per heavy atom. The summed E-state index contributed by atoms with van der Waals surface area (Å²) in [5.41, 5.74) is 1.46. The first-order valence-corrected chi connectivity index (χ1v) is 12.1. The summed E-state index contributed by atoms with van der Waals surface area (Å²) >= 11 is 0. The predicted octanol–water partition coefficient (Wildman–Crippen LogP) is 3.48. The second-order valence-corrected chi connectivity index (χ2v) is 10.5. The van der Waals surface area contributed by atoms with Crippen LogP contribution in [0.5, 0.6) is 11.5 Å². The molecule has 3 N–H and O–H groups in total. The molecule has 0 unspecified atom stereocenters. The van der Waals surface area contributed by atoms with Crippen LogP contribution in [-0.4, -0.2) is 68.7 Å². The second-order valence-electron chi connectivity index (χ2n) is 10.5. The van der Waals surface area contributed by atoms with Gasteiger partial charge in [0.2, 0.25) is 5.82 Å². The van der Waals surface area contributed by atoms with Crippen molar-refractivity contribution in [3.8, 4) is 28.6 Å². The van der Waals surface area contributed by atoms with E-state index in [9.17, 15) is 15.0 Å². The van der Waals surface area contributed by atoms with Gasteiger partial charge in [-0.05, 0) is 35.1 Å². The van der Waals surface area contributed by atoms with E-state index in [1.54, 1.807) is 16.8 Å². The molecular formula is C26H34N6O4. The van der Waals surface area contributed by atoms with Crippen molar-refractivity contribution in [2.45, 2.75) is 40.5 Å². The zero-order valence-corrected chi connectivity index (χ0v) is 21.4. The Labute approximate surface area is 211 Å². The third kappa shape index (κ3) is 5.43. The monoisotopic (exact) mass is 494 g/mol. The summed E-state index contributed by atoms with van der Waals surface area (Å²) in [7, 11) is 0. The number of phenolic OH excluding ortho intramolecular Hbond substituents is 2. The molecule has 2 aromatic heterocycles. The first-order valence-electron chi connectivity index (χ1n) is 12.1. The summed E-state index contributed by atoms with van der Waals surface area (Å²) < 4.78 is 7.01. The summed E-state index contributed by atoms with van der Waals surface area (Å²) in [6, 6.07) is 6.72. The smallest absolute Gasteiger partial charge is 0.289 e. The highest BCUT2D eigenvalue weighted by Gasteiger charge is 2.26. The lowest BCUT2D eigenvalue weighted by Crippen LogP contribution is -2.36. The average Bonchev–Trinajstić information content (AvgIpc) is 3.27. The molecular weight excluding hydrogens is 460 g/mol. The second kappa shape index (κ2) is 10.1. The summed E-state index contributed by atoms with van der Waals surface area (Å²) in [5, 5.41) is 32.4. The van der Waals surface area contributed by atoms with E-state index in [2.05, 4.69) is 25.4 Å². The maximum Gasteiger partial charge on any atom is 0.289 e. The molecule has 1 aliphatic heterocycles. The molecule has 1 saturated heterocycles. The van der Waals surface area contributed by atoms with Crippen LogP contribution < -0.4 is 10.2 Å². The van der Waals surface area contributed by atoms with Gasteiger partial charge in [-0.3, -0.25) is 9.36 Å². The van der Waals surface area contributed by atoms with E-state index >= 15 is 0 Å². The van der Waals surface area contributed by atoms with Crippen LogP contribution in [0.15, 0.2) is 30.5 Å². The van der Waals surface area contributed by atoms with Gasteiger partial charge in [0, 0.05) is 25.7 Å². The van der Waals surface area contributed by atoms with Crippen LogP contribution >= 0.6 is 0 Å². The molecule has 1 aliphatic rings. The van der Waals surface area contributed by atoms with Crippen molar-refractivity contribution in [2.75, 3.05) is 37.7 Å². The van der Waals surface area contributed by atoms with Crippen LogP contribution in [0, 0.1) is 5.41 Å². The van der Waals surface area contributed by atoms with Crippen LogP contribution in [-0.2, 0) is 4.74 Å². The van der Waals surface area contributed by atoms with Gasteiger partial charge in [-0.25, -0.2) is 4.98 Å². The number of pyridine rings is 1. The fraction of sp³-hybridized carbons (Fsp3) is 0.462. The number of amides is 1. The largest absolute Gasteiger partial charge is 0.508 e. The lowest BCUT2D eigenvalue weighted by molar-refractivity contribution is 0.0926. The van der Waals surface area contributed by atoms with E-state index < -0.39 is 0 Å². The first-order chi connectivity index (χ1) is 17.0. The number of benzene rings is 1. The number of aromatic hydroxyl groups is 2. The molecule has 0 radical (unpaired) electrons. The quantitative estimate of drug-likeness (QED) is 0.476. The number of hydrogen-bond donors (Lipinski definition) is 3.